The van der Waals surface area contributed by atoms with Gasteiger partial charge in [-0.05, 0) is 39.3 Å². The van der Waals surface area contributed by atoms with Crippen molar-refractivity contribution in [2.75, 3.05) is 0 Å². The summed E-state index contributed by atoms with van der Waals surface area (Å²) in [7, 11) is 0. The molecule has 0 aliphatic heterocycles. The lowest BCUT2D eigenvalue weighted by atomic mass is 9.87. The number of benzene rings is 1. The van der Waals surface area contributed by atoms with Gasteiger partial charge in [0.15, 0.2) is 0 Å². The van der Waals surface area contributed by atoms with E-state index < -0.39 is 0 Å². The van der Waals surface area contributed by atoms with E-state index >= 15 is 0 Å². The van der Waals surface area contributed by atoms with Crippen LogP contribution in [0.15, 0.2) is 30.3 Å². The van der Waals surface area contributed by atoms with Crippen LogP contribution in [-0.4, -0.2) is 11.2 Å². The van der Waals surface area contributed by atoms with Gasteiger partial charge < -0.3 is 5.11 Å². The van der Waals surface area contributed by atoms with Crippen molar-refractivity contribution in [1.82, 2.24) is 0 Å². The molecular formula is C14H18O. The minimum Gasteiger partial charge on any atom is -0.393 e. The Balaban J connectivity index is 2.73. The molecule has 0 fully saturated rings. The Labute approximate surface area is 92.1 Å². The van der Waals surface area contributed by atoms with Gasteiger partial charge in [0.2, 0.25) is 0 Å². The third-order valence-corrected chi connectivity index (χ3v) is 2.12. The molecule has 0 saturated carbocycles. The normalized spacial score (nSPS) is 12.8. The molecule has 1 N–H and O–H groups in total. The summed E-state index contributed by atoms with van der Waals surface area (Å²) in [5, 5.41) is 9.32. The van der Waals surface area contributed by atoms with Gasteiger partial charge in [-0.25, -0.2) is 0 Å². The van der Waals surface area contributed by atoms with Crippen LogP contribution in [0.3, 0.4) is 0 Å². The lowest BCUT2D eigenvalue weighted by Crippen LogP contribution is -2.16. The largest absolute Gasteiger partial charge is 0.393 e. The Hall–Kier alpha value is -1.26. The maximum absolute atomic E-state index is 9.32. The molecule has 0 bridgehead atoms. The molecule has 80 valence electrons. The summed E-state index contributed by atoms with van der Waals surface area (Å²) in [6.45, 7) is 5.90. The van der Waals surface area contributed by atoms with E-state index in [0.717, 1.165) is 5.56 Å². The Morgan fingerprint density at radius 3 is 2.40 bits per heavy atom. The molecule has 1 heteroatoms. The summed E-state index contributed by atoms with van der Waals surface area (Å²) in [4.78, 5) is 0. The van der Waals surface area contributed by atoms with Gasteiger partial charge in [0, 0.05) is 11.0 Å². The van der Waals surface area contributed by atoms with E-state index in [4.69, 9.17) is 0 Å². The molecule has 15 heavy (non-hydrogen) atoms. The van der Waals surface area contributed by atoms with Crippen molar-refractivity contribution in [3.8, 4) is 11.8 Å². The van der Waals surface area contributed by atoms with Crippen LogP contribution < -0.4 is 0 Å². The maximum atomic E-state index is 9.32. The molecule has 1 nitrogen and oxygen atoms in total. The highest BCUT2D eigenvalue weighted by Crippen LogP contribution is 2.21. The van der Waals surface area contributed by atoms with Crippen molar-refractivity contribution in [3.63, 3.8) is 0 Å². The first-order valence-corrected chi connectivity index (χ1v) is 5.26. The Morgan fingerprint density at radius 2 is 1.87 bits per heavy atom. The maximum Gasteiger partial charge on any atom is 0.0526 e. The third kappa shape index (κ3) is 4.67. The monoisotopic (exact) mass is 202 g/mol. The summed E-state index contributed by atoms with van der Waals surface area (Å²) in [5.74, 6) is 6.33. The zero-order valence-electron chi connectivity index (χ0n) is 9.62. The lowest BCUT2D eigenvalue weighted by molar-refractivity contribution is 0.151. The quantitative estimate of drug-likeness (QED) is 0.731. The minimum absolute atomic E-state index is 0.135. The highest BCUT2D eigenvalue weighted by molar-refractivity contribution is 5.34. The van der Waals surface area contributed by atoms with E-state index in [-0.39, 0.29) is 11.5 Å². The van der Waals surface area contributed by atoms with E-state index in [1.54, 1.807) is 6.92 Å². The van der Waals surface area contributed by atoms with Gasteiger partial charge in [-0.2, -0.15) is 0 Å². The zero-order valence-corrected chi connectivity index (χ0v) is 9.62. The molecular weight excluding hydrogens is 184 g/mol. The molecule has 1 rings (SSSR count). The average molecular weight is 202 g/mol. The first kappa shape index (κ1) is 11.8. The van der Waals surface area contributed by atoms with Crippen LogP contribution in [0.5, 0.6) is 0 Å². The van der Waals surface area contributed by atoms with Gasteiger partial charge in [0.05, 0.1) is 6.10 Å². The molecule has 1 unspecified atom stereocenters. The van der Waals surface area contributed by atoms with Crippen molar-refractivity contribution >= 4 is 0 Å². The zero-order chi connectivity index (χ0) is 11.3. The molecule has 0 spiro atoms. The Bertz CT molecular complexity index is 352. The molecule has 0 heterocycles. The summed E-state index contributed by atoms with van der Waals surface area (Å²) in [5.41, 5.74) is 0.889. The highest BCUT2D eigenvalue weighted by atomic mass is 16.3. The second kappa shape index (κ2) is 5.00. The summed E-state index contributed by atoms with van der Waals surface area (Å²) in [6.07, 6.45) is 0.400. The predicted molar refractivity (Wildman–Crippen MR) is 63.4 cm³/mol. The first-order valence-electron chi connectivity index (χ1n) is 5.26. The molecule has 0 amide bonds. The highest BCUT2D eigenvalue weighted by Gasteiger charge is 2.16. The van der Waals surface area contributed by atoms with Crippen LogP contribution in [0.1, 0.15) is 32.8 Å². The van der Waals surface area contributed by atoms with Gasteiger partial charge in [0.1, 0.15) is 0 Å². The topological polar surface area (TPSA) is 20.2 Å². The fourth-order valence-corrected chi connectivity index (χ4v) is 1.55. The van der Waals surface area contributed by atoms with Crippen molar-refractivity contribution in [3.05, 3.63) is 35.9 Å². The molecule has 0 aliphatic carbocycles. The number of aliphatic hydroxyl groups excluding tert-OH is 1. The summed E-state index contributed by atoms with van der Waals surface area (Å²) < 4.78 is 0. The van der Waals surface area contributed by atoms with E-state index in [1.807, 2.05) is 30.3 Å². The molecule has 1 atom stereocenters. The van der Waals surface area contributed by atoms with Crippen LogP contribution in [0.2, 0.25) is 0 Å². The van der Waals surface area contributed by atoms with E-state index in [1.165, 1.54) is 0 Å². The second-order valence-electron chi connectivity index (χ2n) is 4.55. The smallest absolute Gasteiger partial charge is 0.0526 e. The van der Waals surface area contributed by atoms with Crippen LogP contribution in [0.4, 0.5) is 0 Å². The van der Waals surface area contributed by atoms with Gasteiger partial charge >= 0.3 is 0 Å². The van der Waals surface area contributed by atoms with E-state index in [0.29, 0.717) is 6.42 Å². The molecule has 1 aromatic rings. The number of rotatable bonds is 2. The van der Waals surface area contributed by atoms with Crippen LogP contribution in [-0.2, 0) is 0 Å². The number of hydrogen-bond acceptors (Lipinski definition) is 1. The van der Waals surface area contributed by atoms with Crippen molar-refractivity contribution in [1.29, 1.82) is 0 Å². The van der Waals surface area contributed by atoms with E-state index in [9.17, 15) is 5.11 Å². The van der Waals surface area contributed by atoms with Gasteiger partial charge in [-0.3, -0.25) is 0 Å². The predicted octanol–water partition coefficient (Wildman–Crippen LogP) is 2.84. The Kier molecular flexibility index (Phi) is 3.94. The number of hydrogen-bond donors (Lipinski definition) is 1. The van der Waals surface area contributed by atoms with Crippen molar-refractivity contribution in [2.45, 2.75) is 33.3 Å². The van der Waals surface area contributed by atoms with Crippen molar-refractivity contribution in [2.24, 2.45) is 5.41 Å². The van der Waals surface area contributed by atoms with Crippen LogP contribution in [0, 0.1) is 17.3 Å². The molecule has 0 aromatic heterocycles. The summed E-state index contributed by atoms with van der Waals surface area (Å²) >= 11 is 0. The minimum atomic E-state index is -0.301. The fourth-order valence-electron chi connectivity index (χ4n) is 1.55. The third-order valence-electron chi connectivity index (χ3n) is 2.12. The second-order valence-corrected chi connectivity index (χ2v) is 4.55. The standard InChI is InChI=1S/C14H18O/c1-12(15)11-14(2,3)10-9-13-7-5-4-6-8-13/h4-8,12,15H,11H2,1-3H3. The van der Waals surface area contributed by atoms with Crippen LogP contribution in [0.25, 0.3) is 0 Å². The Morgan fingerprint density at radius 1 is 1.27 bits per heavy atom. The van der Waals surface area contributed by atoms with E-state index in [2.05, 4.69) is 25.7 Å². The number of aliphatic hydroxyl groups is 1. The first-order chi connectivity index (χ1) is 6.99. The molecule has 0 aliphatic rings. The molecule has 1 aromatic carbocycles. The average Bonchev–Trinajstić information content (AvgIpc) is 2.15. The van der Waals surface area contributed by atoms with Crippen LogP contribution >= 0.6 is 0 Å². The SMILES string of the molecule is CC(O)CC(C)(C)C#Cc1ccccc1. The van der Waals surface area contributed by atoms with Gasteiger partial charge in [-0.15, -0.1) is 0 Å². The van der Waals surface area contributed by atoms with Crippen molar-refractivity contribution < 1.29 is 5.11 Å². The lowest BCUT2D eigenvalue weighted by Gasteiger charge is -2.18. The fraction of sp³-hybridized carbons (Fsp3) is 0.429. The van der Waals surface area contributed by atoms with Gasteiger partial charge in [-0.1, -0.05) is 30.0 Å². The summed E-state index contributed by atoms with van der Waals surface area (Å²) in [6, 6.07) is 9.92. The molecule has 0 saturated heterocycles. The molecule has 0 radical (unpaired) electrons. The van der Waals surface area contributed by atoms with Gasteiger partial charge in [0.25, 0.3) is 0 Å².